The first-order chi connectivity index (χ1) is 6.67. The summed E-state index contributed by atoms with van der Waals surface area (Å²) in [5.74, 6) is 0. The molecule has 1 aliphatic heterocycles. The normalized spacial score (nSPS) is 33.6. The maximum atomic E-state index is 6.13. The van der Waals surface area contributed by atoms with E-state index in [2.05, 4.69) is 13.2 Å². The summed E-state index contributed by atoms with van der Waals surface area (Å²) in [5, 5.41) is 0. The van der Waals surface area contributed by atoms with Gasteiger partial charge in [0, 0.05) is 17.9 Å². The van der Waals surface area contributed by atoms with Crippen LogP contribution in [0.4, 0.5) is 0 Å². The van der Waals surface area contributed by atoms with E-state index >= 15 is 0 Å². The third-order valence-corrected chi connectivity index (χ3v) is 14.7. The lowest BCUT2D eigenvalue weighted by Crippen LogP contribution is -2.69. The Balaban J connectivity index is 2.86. The van der Waals surface area contributed by atoms with Gasteiger partial charge in [-0.15, -0.1) is 13.2 Å². The van der Waals surface area contributed by atoms with Gasteiger partial charge in [-0.2, -0.15) is 0 Å². The van der Waals surface area contributed by atoms with E-state index in [0.717, 1.165) is 13.0 Å². The van der Waals surface area contributed by atoms with E-state index in [9.17, 15) is 0 Å². The standard InChI is InChI=1S/C9H20N2OSi2/c1-3-8(10)14(9(11)4-2)7-5-6-12-13-14/h3-4,8-9H,1-2,5-7,10-11,13H2. The summed E-state index contributed by atoms with van der Waals surface area (Å²) in [5.41, 5.74) is 12.4. The maximum Gasteiger partial charge on any atom is 0.155 e. The zero-order valence-electron chi connectivity index (χ0n) is 8.61. The second-order valence-corrected chi connectivity index (χ2v) is 13.7. The van der Waals surface area contributed by atoms with Gasteiger partial charge in [-0.3, -0.25) is 0 Å². The highest BCUT2D eigenvalue weighted by Crippen LogP contribution is 2.23. The lowest BCUT2D eigenvalue weighted by Gasteiger charge is -2.41. The van der Waals surface area contributed by atoms with Crippen LogP contribution in [0.3, 0.4) is 0 Å². The molecule has 0 aromatic heterocycles. The van der Waals surface area contributed by atoms with Crippen LogP contribution in [0.15, 0.2) is 25.3 Å². The van der Waals surface area contributed by atoms with Crippen molar-refractivity contribution in [3.63, 3.8) is 0 Å². The van der Waals surface area contributed by atoms with E-state index in [0.29, 0.717) is 0 Å². The second-order valence-electron chi connectivity index (χ2n) is 3.91. The Labute approximate surface area is 88.9 Å². The number of nitrogens with two attached hydrogens (primary N) is 2. The Hall–Kier alpha value is -0.206. The quantitative estimate of drug-likeness (QED) is 0.506. The van der Waals surface area contributed by atoms with Crippen LogP contribution in [0.5, 0.6) is 0 Å². The van der Waals surface area contributed by atoms with Crippen LogP contribution in [0, 0.1) is 0 Å². The summed E-state index contributed by atoms with van der Waals surface area (Å²) in [4.78, 5) is 0. The molecule has 0 amide bonds. The molecule has 1 rings (SSSR count). The molecule has 4 N–H and O–H groups in total. The van der Waals surface area contributed by atoms with Gasteiger partial charge in [0.15, 0.2) is 9.28 Å². The number of rotatable bonds is 4. The average Bonchev–Trinajstić information content (AvgIpc) is 2.27. The molecule has 1 heterocycles. The van der Waals surface area contributed by atoms with Crippen LogP contribution in [0.1, 0.15) is 6.42 Å². The number of hydrogen-bond acceptors (Lipinski definition) is 3. The molecule has 0 bridgehead atoms. The molecule has 0 aromatic rings. The summed E-state index contributed by atoms with van der Waals surface area (Å²) in [6.07, 6.45) is 4.79. The SMILES string of the molecule is C=CC(N)[Si]1(C(N)C=C)CCCO[SiH2]1. The third-order valence-electron chi connectivity index (χ3n) is 3.14. The predicted octanol–water partition coefficient (Wildman–Crippen LogP) is -0.459. The molecular weight excluding hydrogens is 208 g/mol. The lowest BCUT2D eigenvalue weighted by atomic mass is 10.5. The van der Waals surface area contributed by atoms with E-state index in [-0.39, 0.29) is 11.3 Å². The van der Waals surface area contributed by atoms with E-state index in [1.807, 2.05) is 12.2 Å². The fourth-order valence-electron chi connectivity index (χ4n) is 2.06. The molecule has 5 heteroatoms. The van der Waals surface area contributed by atoms with Crippen molar-refractivity contribution < 1.29 is 4.43 Å². The van der Waals surface area contributed by atoms with Gasteiger partial charge in [-0.25, -0.2) is 0 Å². The Bertz CT molecular complexity index is 201. The van der Waals surface area contributed by atoms with Gasteiger partial charge in [0.25, 0.3) is 0 Å². The first-order valence-corrected chi connectivity index (χ1v) is 10.3. The highest BCUT2D eigenvalue weighted by molar-refractivity contribution is 7.24. The first-order valence-electron chi connectivity index (χ1n) is 5.01. The van der Waals surface area contributed by atoms with Crippen molar-refractivity contribution in [2.45, 2.75) is 23.8 Å². The summed E-state index contributed by atoms with van der Waals surface area (Å²) < 4.78 is 5.68. The average molecular weight is 228 g/mol. The molecule has 1 fully saturated rings. The van der Waals surface area contributed by atoms with Crippen molar-refractivity contribution in [2.75, 3.05) is 6.61 Å². The molecule has 0 radical (unpaired) electrons. The molecule has 0 aromatic carbocycles. The van der Waals surface area contributed by atoms with Crippen LogP contribution in [0.25, 0.3) is 0 Å². The molecule has 14 heavy (non-hydrogen) atoms. The second kappa shape index (κ2) is 5.04. The van der Waals surface area contributed by atoms with Gasteiger partial charge in [-0.05, 0) is 6.42 Å². The zero-order chi connectivity index (χ0) is 10.6. The Morgan fingerprint density at radius 1 is 1.29 bits per heavy atom. The Morgan fingerprint density at radius 3 is 2.21 bits per heavy atom. The van der Waals surface area contributed by atoms with Crippen LogP contribution >= 0.6 is 0 Å². The molecule has 2 atom stereocenters. The van der Waals surface area contributed by atoms with Crippen molar-refractivity contribution in [1.82, 2.24) is 0 Å². The summed E-state index contributed by atoms with van der Waals surface area (Å²) in [7, 11) is -2.21. The minimum atomic E-state index is -1.65. The van der Waals surface area contributed by atoms with E-state index in [1.54, 1.807) is 0 Å². The zero-order valence-corrected chi connectivity index (χ0v) is 11.0. The van der Waals surface area contributed by atoms with Crippen molar-refractivity contribution in [3.05, 3.63) is 25.3 Å². The Morgan fingerprint density at radius 2 is 1.86 bits per heavy atom. The molecular formula is C9H20N2OSi2. The molecule has 2 unspecified atom stereocenters. The van der Waals surface area contributed by atoms with Crippen molar-refractivity contribution in [3.8, 4) is 0 Å². The van der Waals surface area contributed by atoms with Crippen molar-refractivity contribution in [1.29, 1.82) is 0 Å². The molecule has 1 aliphatic rings. The fraction of sp³-hybridized carbons (Fsp3) is 0.556. The largest absolute Gasteiger partial charge is 0.427 e. The highest BCUT2D eigenvalue weighted by atomic mass is 29.2. The first kappa shape index (κ1) is 11.9. The van der Waals surface area contributed by atoms with Gasteiger partial charge in [0.1, 0.15) is 7.59 Å². The van der Waals surface area contributed by atoms with Crippen LogP contribution < -0.4 is 11.5 Å². The van der Waals surface area contributed by atoms with Gasteiger partial charge in [-0.1, -0.05) is 18.2 Å². The van der Waals surface area contributed by atoms with Gasteiger partial charge in [0.05, 0.1) is 0 Å². The number of hydrogen-bond donors (Lipinski definition) is 2. The molecule has 0 saturated carbocycles. The third kappa shape index (κ3) is 2.07. The fourth-order valence-corrected chi connectivity index (χ4v) is 11.1. The van der Waals surface area contributed by atoms with Crippen molar-refractivity contribution >= 4 is 16.9 Å². The van der Waals surface area contributed by atoms with E-state index in [4.69, 9.17) is 15.9 Å². The monoisotopic (exact) mass is 228 g/mol. The molecule has 3 nitrogen and oxygen atoms in total. The topological polar surface area (TPSA) is 61.3 Å². The minimum Gasteiger partial charge on any atom is -0.427 e. The highest BCUT2D eigenvalue weighted by Gasteiger charge is 2.44. The van der Waals surface area contributed by atoms with Gasteiger partial charge >= 0.3 is 0 Å². The summed E-state index contributed by atoms with van der Waals surface area (Å²) in [6, 6.07) is 1.18. The lowest BCUT2D eigenvalue weighted by molar-refractivity contribution is 0.331. The predicted molar refractivity (Wildman–Crippen MR) is 66.0 cm³/mol. The van der Waals surface area contributed by atoms with Gasteiger partial charge < -0.3 is 15.9 Å². The molecule has 1 saturated heterocycles. The van der Waals surface area contributed by atoms with Crippen molar-refractivity contribution in [2.24, 2.45) is 11.5 Å². The van der Waals surface area contributed by atoms with E-state index < -0.39 is 16.9 Å². The Kier molecular flexibility index (Phi) is 4.27. The van der Waals surface area contributed by atoms with Gasteiger partial charge in [0.2, 0.25) is 0 Å². The summed E-state index contributed by atoms with van der Waals surface area (Å²) in [6.45, 7) is 8.47. The summed E-state index contributed by atoms with van der Waals surface area (Å²) >= 11 is 0. The van der Waals surface area contributed by atoms with E-state index in [1.165, 1.54) is 6.04 Å². The van der Waals surface area contributed by atoms with Crippen LogP contribution in [0.2, 0.25) is 6.04 Å². The molecule has 80 valence electrons. The van der Waals surface area contributed by atoms with Crippen LogP contribution in [-0.2, 0) is 4.43 Å². The maximum absolute atomic E-state index is 6.13. The van der Waals surface area contributed by atoms with Crippen LogP contribution in [-0.4, -0.2) is 34.8 Å². The minimum absolute atomic E-state index is 0.0717. The smallest absolute Gasteiger partial charge is 0.155 e. The molecule has 0 aliphatic carbocycles. The molecule has 0 spiro atoms.